The van der Waals surface area contributed by atoms with E-state index in [-0.39, 0.29) is 24.9 Å². The summed E-state index contributed by atoms with van der Waals surface area (Å²) < 4.78 is 48.3. The minimum Gasteiger partial charge on any atom is -0.489 e. The number of hydrogen-bond donors (Lipinski definition) is 1. The predicted molar refractivity (Wildman–Crippen MR) is 102 cm³/mol. The van der Waals surface area contributed by atoms with Gasteiger partial charge in [0.15, 0.2) is 6.61 Å². The molecular weight excluding hydrogens is 387 g/mol. The smallest absolute Gasteiger partial charge is 0.262 e. The van der Waals surface area contributed by atoms with Crippen LogP contribution in [0.5, 0.6) is 11.5 Å². The van der Waals surface area contributed by atoms with Gasteiger partial charge in [-0.25, -0.2) is 12.8 Å². The van der Waals surface area contributed by atoms with E-state index >= 15 is 0 Å². The molecule has 9 heteroatoms. The van der Waals surface area contributed by atoms with Gasteiger partial charge in [0.2, 0.25) is 0 Å². The quantitative estimate of drug-likeness (QED) is 0.836. The number of amides is 1. The lowest BCUT2D eigenvalue weighted by molar-refractivity contribution is -0.118. The van der Waals surface area contributed by atoms with Crippen LogP contribution in [0.2, 0.25) is 0 Å². The summed E-state index contributed by atoms with van der Waals surface area (Å²) in [5.41, 5.74) is 2.04. The molecule has 1 atom stereocenters. The number of fused-ring (bicyclic) bond motifs is 2. The van der Waals surface area contributed by atoms with Gasteiger partial charge in [0.1, 0.15) is 33.8 Å². The molecule has 28 heavy (non-hydrogen) atoms. The second-order valence-corrected chi connectivity index (χ2v) is 9.15. The molecule has 0 bridgehead atoms. The third-order valence-corrected chi connectivity index (χ3v) is 5.62. The molecule has 1 N–H and O–H groups in total. The summed E-state index contributed by atoms with van der Waals surface area (Å²) in [7, 11) is -3.25. The molecule has 2 aliphatic heterocycles. The Morgan fingerprint density at radius 3 is 2.79 bits per heavy atom. The fourth-order valence-corrected chi connectivity index (χ4v) is 4.42. The van der Waals surface area contributed by atoms with Crippen LogP contribution >= 0.6 is 0 Å². The van der Waals surface area contributed by atoms with Crippen LogP contribution in [-0.2, 0) is 21.2 Å². The van der Waals surface area contributed by atoms with Crippen molar-refractivity contribution in [1.29, 1.82) is 0 Å². The first-order valence-corrected chi connectivity index (χ1v) is 10.8. The van der Waals surface area contributed by atoms with Crippen LogP contribution in [0.25, 0.3) is 0 Å². The number of sulfone groups is 1. The third kappa shape index (κ3) is 3.89. The van der Waals surface area contributed by atoms with E-state index in [0.29, 0.717) is 29.4 Å². The number of hydrogen-bond acceptors (Lipinski definition) is 6. The molecule has 2 heterocycles. The molecule has 2 aliphatic rings. The van der Waals surface area contributed by atoms with E-state index in [1.807, 2.05) is 11.0 Å². The van der Waals surface area contributed by atoms with Gasteiger partial charge in [0.05, 0.1) is 23.2 Å². The van der Waals surface area contributed by atoms with Gasteiger partial charge in [-0.2, -0.15) is 0 Å². The summed E-state index contributed by atoms with van der Waals surface area (Å²) in [6, 6.07) is 9.19. The number of halogens is 1. The lowest BCUT2D eigenvalue weighted by atomic mass is 10.1. The molecule has 0 saturated heterocycles. The topological polar surface area (TPSA) is 84.9 Å². The van der Waals surface area contributed by atoms with Crippen LogP contribution in [0.4, 0.5) is 15.8 Å². The monoisotopic (exact) mass is 406 g/mol. The maximum absolute atomic E-state index is 13.6. The molecule has 2 aromatic rings. The van der Waals surface area contributed by atoms with E-state index in [4.69, 9.17) is 9.47 Å². The van der Waals surface area contributed by atoms with E-state index in [2.05, 4.69) is 5.32 Å². The van der Waals surface area contributed by atoms with Gasteiger partial charge in [0.25, 0.3) is 5.91 Å². The van der Waals surface area contributed by atoms with Crippen LogP contribution in [0, 0.1) is 5.82 Å². The van der Waals surface area contributed by atoms with Gasteiger partial charge >= 0.3 is 0 Å². The van der Waals surface area contributed by atoms with Gasteiger partial charge in [0, 0.05) is 18.9 Å². The minimum absolute atomic E-state index is 0.0226. The summed E-state index contributed by atoms with van der Waals surface area (Å²) >= 11 is 0. The highest BCUT2D eigenvalue weighted by molar-refractivity contribution is 7.90. The number of nitrogens with one attached hydrogen (secondary N) is 1. The summed E-state index contributed by atoms with van der Waals surface area (Å²) in [5.74, 6) is 0.217. The molecule has 1 amide bonds. The number of nitrogens with zero attached hydrogens (tertiary/aromatic N) is 1. The average Bonchev–Trinajstić information content (AvgIpc) is 2.62. The Hall–Kier alpha value is -2.81. The lowest BCUT2D eigenvalue weighted by Gasteiger charge is -2.38. The van der Waals surface area contributed by atoms with Gasteiger partial charge in [-0.05, 0) is 29.8 Å². The Bertz CT molecular complexity index is 1040. The molecular formula is C19H19FN2O5S. The summed E-state index contributed by atoms with van der Waals surface area (Å²) in [6.45, 7) is 0.477. The number of rotatable bonds is 4. The molecule has 148 valence electrons. The second-order valence-electron chi connectivity index (χ2n) is 6.96. The van der Waals surface area contributed by atoms with Crippen molar-refractivity contribution < 1.29 is 27.1 Å². The van der Waals surface area contributed by atoms with E-state index in [9.17, 15) is 17.6 Å². The molecule has 0 saturated carbocycles. The zero-order chi connectivity index (χ0) is 19.9. The average molecular weight is 406 g/mol. The highest BCUT2D eigenvalue weighted by Crippen LogP contribution is 2.37. The molecule has 0 radical (unpaired) electrons. The standard InChI is InChI=1S/C19H19FN2O5S/c1-28(24,25)11-14-9-26-18-7-13(20)3-4-16(18)22(14)8-12-2-5-17-15(6-12)21-19(23)10-27-17/h2-7,14H,8-11H2,1H3,(H,21,23)/t14-/m1/s1. The van der Waals surface area contributed by atoms with Crippen molar-refractivity contribution in [3.8, 4) is 11.5 Å². The highest BCUT2D eigenvalue weighted by Gasteiger charge is 2.31. The molecule has 4 rings (SSSR count). The molecule has 7 nitrogen and oxygen atoms in total. The molecule has 0 aliphatic carbocycles. The fraction of sp³-hybridized carbons (Fsp3) is 0.316. The first-order chi connectivity index (χ1) is 13.3. The molecule has 0 fully saturated rings. The second kappa shape index (κ2) is 6.97. The summed E-state index contributed by atoms with van der Waals surface area (Å²) in [4.78, 5) is 13.5. The molecule has 0 spiro atoms. The first kappa shape index (κ1) is 18.5. The van der Waals surface area contributed by atoms with Crippen molar-refractivity contribution >= 4 is 27.1 Å². The van der Waals surface area contributed by atoms with Crippen LogP contribution < -0.4 is 19.7 Å². The minimum atomic E-state index is -3.25. The number of ether oxygens (including phenoxy) is 2. The maximum Gasteiger partial charge on any atom is 0.262 e. The largest absolute Gasteiger partial charge is 0.489 e. The van der Waals surface area contributed by atoms with Crippen molar-refractivity contribution in [1.82, 2.24) is 0 Å². The van der Waals surface area contributed by atoms with Crippen LogP contribution in [0.15, 0.2) is 36.4 Å². The lowest BCUT2D eigenvalue weighted by Crippen LogP contribution is -2.46. The Morgan fingerprint density at radius 2 is 2.00 bits per heavy atom. The first-order valence-electron chi connectivity index (χ1n) is 8.71. The van der Waals surface area contributed by atoms with Crippen LogP contribution in [0.1, 0.15) is 5.56 Å². The molecule has 0 unspecified atom stereocenters. The van der Waals surface area contributed by atoms with Crippen molar-refractivity contribution in [2.75, 3.05) is 35.4 Å². The van der Waals surface area contributed by atoms with E-state index in [1.54, 1.807) is 18.2 Å². The number of anilines is 2. The van der Waals surface area contributed by atoms with Crippen LogP contribution in [-0.4, -0.2) is 45.6 Å². The highest BCUT2D eigenvalue weighted by atomic mass is 32.2. The summed E-state index contributed by atoms with van der Waals surface area (Å²) in [5, 5.41) is 2.76. The van der Waals surface area contributed by atoms with Crippen molar-refractivity contribution in [2.24, 2.45) is 0 Å². The van der Waals surface area contributed by atoms with E-state index < -0.39 is 21.7 Å². The maximum atomic E-state index is 13.6. The summed E-state index contributed by atoms with van der Waals surface area (Å²) in [6.07, 6.45) is 1.18. The van der Waals surface area contributed by atoms with Crippen LogP contribution in [0.3, 0.4) is 0 Å². The number of carbonyl (C=O) groups excluding carboxylic acids is 1. The van der Waals surface area contributed by atoms with Gasteiger partial charge in [-0.3, -0.25) is 4.79 Å². The fourth-order valence-electron chi connectivity index (χ4n) is 3.44. The zero-order valence-corrected chi connectivity index (χ0v) is 16.0. The number of carbonyl (C=O) groups is 1. The van der Waals surface area contributed by atoms with Gasteiger partial charge in [-0.1, -0.05) is 6.07 Å². The van der Waals surface area contributed by atoms with E-state index in [0.717, 1.165) is 5.56 Å². The molecule has 2 aromatic carbocycles. The Balaban J connectivity index is 1.68. The van der Waals surface area contributed by atoms with Crippen molar-refractivity contribution in [2.45, 2.75) is 12.6 Å². The third-order valence-electron chi connectivity index (χ3n) is 4.63. The SMILES string of the molecule is CS(=O)(=O)C[C@H]1COc2cc(F)ccc2N1Cc1ccc2c(c1)NC(=O)CO2. The van der Waals surface area contributed by atoms with Crippen molar-refractivity contribution in [3.63, 3.8) is 0 Å². The number of benzene rings is 2. The predicted octanol–water partition coefficient (Wildman–Crippen LogP) is 1.97. The Labute approximate surface area is 162 Å². The van der Waals surface area contributed by atoms with E-state index in [1.165, 1.54) is 18.4 Å². The van der Waals surface area contributed by atoms with Crippen molar-refractivity contribution in [3.05, 3.63) is 47.8 Å². The molecule has 0 aromatic heterocycles. The Morgan fingerprint density at radius 1 is 1.18 bits per heavy atom. The van der Waals surface area contributed by atoms with Gasteiger partial charge in [-0.15, -0.1) is 0 Å². The zero-order valence-electron chi connectivity index (χ0n) is 15.1. The normalized spacial score (nSPS) is 18.4. The Kier molecular flexibility index (Phi) is 4.62. The van der Waals surface area contributed by atoms with Gasteiger partial charge < -0.3 is 19.7 Å².